The normalized spacial score (nSPS) is 10.4. The molecule has 2 aromatic heterocycles. The van der Waals surface area contributed by atoms with Crippen molar-refractivity contribution in [1.82, 2.24) is 9.97 Å². The number of nitrogens with one attached hydrogen (secondary N) is 1. The van der Waals surface area contributed by atoms with Gasteiger partial charge in [0, 0.05) is 18.1 Å². The molecule has 0 radical (unpaired) electrons. The van der Waals surface area contributed by atoms with Gasteiger partial charge in [0.15, 0.2) is 5.01 Å². The second-order valence-electron chi connectivity index (χ2n) is 4.04. The average Bonchev–Trinajstić information content (AvgIpc) is 2.91. The maximum absolute atomic E-state index is 12.1. The predicted molar refractivity (Wildman–Crippen MR) is 78.4 cm³/mol. The van der Waals surface area contributed by atoms with Crippen molar-refractivity contribution in [3.8, 4) is 5.75 Å². The Bertz CT molecular complexity index is 755. The van der Waals surface area contributed by atoms with E-state index in [-0.39, 0.29) is 5.91 Å². The van der Waals surface area contributed by atoms with E-state index in [9.17, 15) is 4.79 Å². The molecular formula is C14H11N3O2S. The molecule has 0 saturated heterocycles. The van der Waals surface area contributed by atoms with Gasteiger partial charge in [-0.05, 0) is 30.3 Å². The number of hydrogen-bond donors (Lipinski definition) is 1. The van der Waals surface area contributed by atoms with Crippen molar-refractivity contribution in [2.75, 3.05) is 12.4 Å². The molecule has 1 amide bonds. The number of ether oxygens (including phenoxy) is 1. The van der Waals surface area contributed by atoms with Crippen molar-refractivity contribution in [2.45, 2.75) is 0 Å². The lowest BCUT2D eigenvalue weighted by molar-refractivity contribution is 0.102. The summed E-state index contributed by atoms with van der Waals surface area (Å²) < 4.78 is 6.08. The lowest BCUT2D eigenvalue weighted by Crippen LogP contribution is -2.11. The Morgan fingerprint density at radius 2 is 2.05 bits per heavy atom. The highest BCUT2D eigenvalue weighted by Gasteiger charge is 2.12. The molecule has 0 aliphatic heterocycles. The molecule has 0 aliphatic carbocycles. The monoisotopic (exact) mass is 285 g/mol. The number of hydrogen-bond acceptors (Lipinski definition) is 5. The molecule has 0 aliphatic rings. The smallest absolute Gasteiger partial charge is 0.284 e. The number of nitrogens with zero attached hydrogens (tertiary/aromatic N) is 2. The molecule has 1 N–H and O–H groups in total. The average molecular weight is 285 g/mol. The van der Waals surface area contributed by atoms with E-state index in [1.165, 1.54) is 11.3 Å². The fraction of sp³-hybridized carbons (Fsp3) is 0.0714. The number of methoxy groups -OCH3 is 1. The van der Waals surface area contributed by atoms with E-state index in [4.69, 9.17) is 4.74 Å². The summed E-state index contributed by atoms with van der Waals surface area (Å²) in [7, 11) is 1.61. The number of pyridine rings is 1. The van der Waals surface area contributed by atoms with Gasteiger partial charge < -0.3 is 10.1 Å². The first-order valence-electron chi connectivity index (χ1n) is 5.92. The lowest BCUT2D eigenvalue weighted by Gasteiger charge is -2.00. The maximum Gasteiger partial charge on any atom is 0.284 e. The number of carbonyl (C=O) groups excluding carboxylic acids is 1. The number of thiazole rings is 1. The number of benzene rings is 1. The van der Waals surface area contributed by atoms with Gasteiger partial charge in [0.25, 0.3) is 5.91 Å². The summed E-state index contributed by atoms with van der Waals surface area (Å²) in [6.07, 6.45) is 3.25. The van der Waals surface area contributed by atoms with Gasteiger partial charge in [0.05, 0.1) is 17.3 Å². The third-order valence-electron chi connectivity index (χ3n) is 2.73. The zero-order valence-electron chi connectivity index (χ0n) is 10.7. The molecule has 0 spiro atoms. The molecule has 0 atom stereocenters. The molecule has 0 saturated carbocycles. The first-order chi connectivity index (χ1) is 9.76. The van der Waals surface area contributed by atoms with E-state index >= 15 is 0 Å². The van der Waals surface area contributed by atoms with Crippen LogP contribution in [0.3, 0.4) is 0 Å². The Hall–Kier alpha value is -2.47. The molecule has 6 heteroatoms. The third-order valence-corrected chi connectivity index (χ3v) is 3.74. The zero-order chi connectivity index (χ0) is 13.9. The molecule has 5 nitrogen and oxygen atoms in total. The largest absolute Gasteiger partial charge is 0.497 e. The molecule has 0 fully saturated rings. The standard InChI is InChI=1S/C14H11N3O2S/c1-19-10-2-3-11-12(8-10)20-14(17-11)13(18)16-9-4-6-15-7-5-9/h2-8H,1H3,(H,15,16,18). The van der Waals surface area contributed by atoms with Crippen LogP contribution in [0.15, 0.2) is 42.7 Å². The van der Waals surface area contributed by atoms with E-state index in [1.807, 2.05) is 18.2 Å². The fourth-order valence-corrected chi connectivity index (χ4v) is 2.64. The lowest BCUT2D eigenvalue weighted by atomic mass is 10.3. The summed E-state index contributed by atoms with van der Waals surface area (Å²) in [6.45, 7) is 0. The van der Waals surface area contributed by atoms with Crippen LogP contribution in [0.25, 0.3) is 10.2 Å². The SMILES string of the molecule is COc1ccc2nc(C(=O)Nc3ccncc3)sc2c1. The highest BCUT2D eigenvalue weighted by atomic mass is 32.1. The van der Waals surface area contributed by atoms with Gasteiger partial charge >= 0.3 is 0 Å². The number of aromatic nitrogens is 2. The molecule has 2 heterocycles. The second-order valence-corrected chi connectivity index (χ2v) is 5.07. The minimum Gasteiger partial charge on any atom is -0.497 e. The maximum atomic E-state index is 12.1. The summed E-state index contributed by atoms with van der Waals surface area (Å²) in [5.74, 6) is 0.526. The second kappa shape index (κ2) is 5.26. The van der Waals surface area contributed by atoms with Gasteiger partial charge in [-0.25, -0.2) is 4.98 Å². The number of anilines is 1. The van der Waals surface area contributed by atoms with E-state index in [2.05, 4.69) is 15.3 Å². The van der Waals surface area contributed by atoms with Crippen molar-refractivity contribution in [1.29, 1.82) is 0 Å². The van der Waals surface area contributed by atoms with Gasteiger partial charge in [-0.15, -0.1) is 11.3 Å². The number of rotatable bonds is 3. The summed E-state index contributed by atoms with van der Waals surface area (Å²) in [5, 5.41) is 3.21. The van der Waals surface area contributed by atoms with Crippen molar-refractivity contribution >= 4 is 33.1 Å². The van der Waals surface area contributed by atoms with Crippen LogP contribution in [0.5, 0.6) is 5.75 Å². The van der Waals surface area contributed by atoms with Crippen LogP contribution in [-0.4, -0.2) is 23.0 Å². The molecule has 20 heavy (non-hydrogen) atoms. The number of carbonyl (C=O) groups is 1. The minimum atomic E-state index is -0.226. The molecule has 0 bridgehead atoms. The molecule has 3 aromatic rings. The topological polar surface area (TPSA) is 64.1 Å². The Morgan fingerprint density at radius 3 is 2.80 bits per heavy atom. The highest BCUT2D eigenvalue weighted by Crippen LogP contribution is 2.26. The van der Waals surface area contributed by atoms with Crippen LogP contribution >= 0.6 is 11.3 Å². The van der Waals surface area contributed by atoms with Gasteiger partial charge in [-0.3, -0.25) is 9.78 Å². The molecular weight excluding hydrogens is 274 g/mol. The first kappa shape index (κ1) is 12.6. The van der Waals surface area contributed by atoms with Gasteiger partial charge in [0.2, 0.25) is 0 Å². The van der Waals surface area contributed by atoms with Crippen LogP contribution in [0.1, 0.15) is 9.80 Å². The van der Waals surface area contributed by atoms with Crippen molar-refractivity contribution in [3.05, 3.63) is 47.7 Å². The molecule has 3 rings (SSSR count). The summed E-state index contributed by atoms with van der Waals surface area (Å²) >= 11 is 1.34. The molecule has 1 aromatic carbocycles. The fourth-order valence-electron chi connectivity index (χ4n) is 1.75. The van der Waals surface area contributed by atoms with E-state index in [0.717, 1.165) is 16.0 Å². The van der Waals surface area contributed by atoms with Crippen molar-refractivity contribution < 1.29 is 9.53 Å². The Kier molecular flexibility index (Phi) is 3.30. The van der Waals surface area contributed by atoms with Crippen LogP contribution in [-0.2, 0) is 0 Å². The third kappa shape index (κ3) is 2.46. The quantitative estimate of drug-likeness (QED) is 0.803. The number of fused-ring (bicyclic) bond motifs is 1. The predicted octanol–water partition coefficient (Wildman–Crippen LogP) is 2.95. The van der Waals surface area contributed by atoms with Gasteiger partial charge in [-0.1, -0.05) is 0 Å². The zero-order valence-corrected chi connectivity index (χ0v) is 11.5. The number of amides is 1. The van der Waals surface area contributed by atoms with Gasteiger partial charge in [-0.2, -0.15) is 0 Å². The minimum absolute atomic E-state index is 0.226. The Morgan fingerprint density at radius 1 is 1.25 bits per heavy atom. The van der Waals surface area contributed by atoms with E-state index in [1.54, 1.807) is 31.6 Å². The van der Waals surface area contributed by atoms with Crippen LogP contribution in [0.4, 0.5) is 5.69 Å². The molecule has 100 valence electrons. The Labute approximate surface area is 119 Å². The first-order valence-corrected chi connectivity index (χ1v) is 6.74. The van der Waals surface area contributed by atoms with Crippen LogP contribution in [0, 0.1) is 0 Å². The van der Waals surface area contributed by atoms with Crippen LogP contribution < -0.4 is 10.1 Å². The van der Waals surface area contributed by atoms with Crippen molar-refractivity contribution in [2.24, 2.45) is 0 Å². The van der Waals surface area contributed by atoms with Crippen LogP contribution in [0.2, 0.25) is 0 Å². The summed E-state index contributed by atoms with van der Waals surface area (Å²) in [5.41, 5.74) is 1.48. The van der Waals surface area contributed by atoms with Gasteiger partial charge in [0.1, 0.15) is 5.75 Å². The van der Waals surface area contributed by atoms with E-state index < -0.39 is 0 Å². The van der Waals surface area contributed by atoms with Crippen molar-refractivity contribution in [3.63, 3.8) is 0 Å². The Balaban J connectivity index is 1.88. The summed E-state index contributed by atoms with van der Waals surface area (Å²) in [6, 6.07) is 9.00. The summed E-state index contributed by atoms with van der Waals surface area (Å²) in [4.78, 5) is 20.3. The highest BCUT2D eigenvalue weighted by molar-refractivity contribution is 7.20. The molecule has 0 unspecified atom stereocenters. The van der Waals surface area contributed by atoms with E-state index in [0.29, 0.717) is 10.7 Å².